The number of carbonyl (C=O) groups excluding carboxylic acids is 1. The molecule has 0 unspecified atom stereocenters. The van der Waals surface area contributed by atoms with Crippen LogP contribution in [0.1, 0.15) is 15.9 Å². The van der Waals surface area contributed by atoms with Gasteiger partial charge in [0.15, 0.2) is 6.29 Å². The lowest BCUT2D eigenvalue weighted by molar-refractivity contribution is -0.385. The van der Waals surface area contributed by atoms with Crippen molar-refractivity contribution in [3.8, 4) is 5.75 Å². The van der Waals surface area contributed by atoms with Crippen molar-refractivity contribution in [3.63, 3.8) is 0 Å². The predicted octanol–water partition coefficient (Wildman–Crippen LogP) is 1.64. The predicted molar refractivity (Wildman–Crippen MR) is 56.5 cm³/mol. The van der Waals surface area contributed by atoms with E-state index < -0.39 is 40.9 Å². The molecule has 0 saturated heterocycles. The molecule has 0 spiro atoms. The van der Waals surface area contributed by atoms with Crippen LogP contribution in [0.5, 0.6) is 5.75 Å². The number of nitro groups is 1. The first-order chi connectivity index (χ1) is 8.86. The Morgan fingerprint density at radius 1 is 1.53 bits per heavy atom. The van der Waals surface area contributed by atoms with Crippen molar-refractivity contribution in [3.05, 3.63) is 33.4 Å². The van der Waals surface area contributed by atoms with E-state index in [1.165, 1.54) is 0 Å². The number of carbonyl (C=O) groups is 2. The summed E-state index contributed by atoms with van der Waals surface area (Å²) in [6.45, 7) is -3.34. The number of aliphatic carboxylic acids is 1. The van der Waals surface area contributed by atoms with E-state index in [4.69, 9.17) is 5.11 Å². The molecule has 9 heteroatoms. The Balaban J connectivity index is 3.44. The van der Waals surface area contributed by atoms with Gasteiger partial charge in [0.05, 0.1) is 11.3 Å². The standard InChI is InChI=1S/C10H7F2NO6/c11-10(12)19-9-5(3-8(15)16)1-2-7(13(17)18)6(9)4-14/h1-2,4,10H,3H2,(H,15,16). The lowest BCUT2D eigenvalue weighted by Crippen LogP contribution is -2.11. The van der Waals surface area contributed by atoms with E-state index in [1.807, 2.05) is 0 Å². The summed E-state index contributed by atoms with van der Waals surface area (Å²) in [5.41, 5.74) is -1.70. The number of benzene rings is 1. The SMILES string of the molecule is O=Cc1c([N+](=O)[O-])ccc(CC(=O)O)c1OC(F)F. The van der Waals surface area contributed by atoms with Gasteiger partial charge >= 0.3 is 12.6 Å². The minimum Gasteiger partial charge on any atom is -0.481 e. The summed E-state index contributed by atoms with van der Waals surface area (Å²) in [5.74, 6) is -2.15. The third-order valence-corrected chi connectivity index (χ3v) is 2.12. The fourth-order valence-electron chi connectivity index (χ4n) is 1.44. The van der Waals surface area contributed by atoms with Crippen LogP contribution >= 0.6 is 0 Å². The Kier molecular flexibility index (Phi) is 4.46. The highest BCUT2D eigenvalue weighted by Gasteiger charge is 2.24. The number of ether oxygens (including phenoxy) is 1. The van der Waals surface area contributed by atoms with E-state index >= 15 is 0 Å². The lowest BCUT2D eigenvalue weighted by Gasteiger charge is -2.11. The summed E-state index contributed by atoms with van der Waals surface area (Å²) in [6, 6.07) is 1.82. The van der Waals surface area contributed by atoms with Crippen LogP contribution < -0.4 is 4.74 Å². The molecular weight excluding hydrogens is 268 g/mol. The van der Waals surface area contributed by atoms with Crippen molar-refractivity contribution >= 4 is 17.9 Å². The topological polar surface area (TPSA) is 107 Å². The van der Waals surface area contributed by atoms with Gasteiger partial charge in [-0.1, -0.05) is 0 Å². The molecule has 0 radical (unpaired) electrons. The van der Waals surface area contributed by atoms with Gasteiger partial charge < -0.3 is 9.84 Å². The summed E-state index contributed by atoms with van der Waals surface area (Å²) in [7, 11) is 0. The van der Waals surface area contributed by atoms with Crippen LogP contribution in [-0.2, 0) is 11.2 Å². The summed E-state index contributed by atoms with van der Waals surface area (Å²) >= 11 is 0. The van der Waals surface area contributed by atoms with Crippen LogP contribution in [-0.4, -0.2) is 28.9 Å². The van der Waals surface area contributed by atoms with Gasteiger partial charge in [0.1, 0.15) is 11.3 Å². The molecule has 0 saturated carbocycles. The lowest BCUT2D eigenvalue weighted by atomic mass is 10.0. The summed E-state index contributed by atoms with van der Waals surface area (Å²) in [5, 5.41) is 19.2. The van der Waals surface area contributed by atoms with Crippen LogP contribution in [0.25, 0.3) is 0 Å². The molecule has 0 aliphatic carbocycles. The van der Waals surface area contributed by atoms with Crippen molar-refractivity contribution in [2.75, 3.05) is 0 Å². The molecule has 1 aromatic rings. The number of carboxylic acids is 1. The van der Waals surface area contributed by atoms with Crippen LogP contribution in [0, 0.1) is 10.1 Å². The van der Waals surface area contributed by atoms with E-state index in [0.717, 1.165) is 12.1 Å². The molecule has 0 fully saturated rings. The Hall–Kier alpha value is -2.58. The number of hydrogen-bond acceptors (Lipinski definition) is 5. The molecule has 1 aromatic carbocycles. The maximum Gasteiger partial charge on any atom is 0.387 e. The summed E-state index contributed by atoms with van der Waals surface area (Å²) in [6.07, 6.45) is -0.734. The molecule has 0 amide bonds. The van der Waals surface area contributed by atoms with Gasteiger partial charge in [-0.25, -0.2) is 0 Å². The molecular formula is C10H7F2NO6. The molecule has 0 bridgehead atoms. The van der Waals surface area contributed by atoms with Gasteiger partial charge in [0.2, 0.25) is 0 Å². The zero-order valence-electron chi connectivity index (χ0n) is 9.21. The number of rotatable bonds is 6. The van der Waals surface area contributed by atoms with Crippen molar-refractivity contribution in [2.24, 2.45) is 0 Å². The van der Waals surface area contributed by atoms with Crippen LogP contribution in [0.15, 0.2) is 12.1 Å². The van der Waals surface area contributed by atoms with E-state index in [-0.39, 0.29) is 11.8 Å². The Morgan fingerprint density at radius 3 is 2.58 bits per heavy atom. The van der Waals surface area contributed by atoms with Crippen LogP contribution in [0.3, 0.4) is 0 Å². The third-order valence-electron chi connectivity index (χ3n) is 2.12. The van der Waals surface area contributed by atoms with Gasteiger partial charge in [-0.2, -0.15) is 8.78 Å². The monoisotopic (exact) mass is 275 g/mol. The minimum atomic E-state index is -3.34. The maximum atomic E-state index is 12.2. The zero-order chi connectivity index (χ0) is 14.6. The molecule has 0 aromatic heterocycles. The van der Waals surface area contributed by atoms with Crippen molar-refractivity contribution < 1.29 is 33.1 Å². The van der Waals surface area contributed by atoms with Crippen LogP contribution in [0.4, 0.5) is 14.5 Å². The van der Waals surface area contributed by atoms with E-state index in [1.54, 1.807) is 0 Å². The first-order valence-corrected chi connectivity index (χ1v) is 4.78. The van der Waals surface area contributed by atoms with E-state index in [0.29, 0.717) is 0 Å². The Morgan fingerprint density at radius 2 is 2.16 bits per heavy atom. The van der Waals surface area contributed by atoms with Crippen molar-refractivity contribution in [1.29, 1.82) is 0 Å². The highest BCUT2D eigenvalue weighted by molar-refractivity contribution is 5.87. The molecule has 1 rings (SSSR count). The highest BCUT2D eigenvalue weighted by Crippen LogP contribution is 2.32. The number of halogens is 2. The average Bonchev–Trinajstić information content (AvgIpc) is 2.29. The second-order valence-electron chi connectivity index (χ2n) is 3.31. The first-order valence-electron chi connectivity index (χ1n) is 4.78. The quantitative estimate of drug-likeness (QED) is 0.480. The second kappa shape index (κ2) is 5.85. The molecule has 0 heterocycles. The normalized spacial score (nSPS) is 10.3. The Bertz CT molecular complexity index is 531. The fourth-order valence-corrected chi connectivity index (χ4v) is 1.44. The maximum absolute atomic E-state index is 12.2. The number of aldehydes is 1. The number of alkyl halides is 2. The third kappa shape index (κ3) is 3.44. The van der Waals surface area contributed by atoms with Gasteiger partial charge in [-0.15, -0.1) is 0 Å². The number of carboxylic acid groups (broad SMARTS) is 1. The van der Waals surface area contributed by atoms with Gasteiger partial charge in [0, 0.05) is 11.6 Å². The smallest absolute Gasteiger partial charge is 0.387 e. The molecule has 1 N–H and O–H groups in total. The van der Waals surface area contributed by atoms with Gasteiger partial charge in [-0.05, 0) is 6.07 Å². The molecule has 0 aliphatic rings. The zero-order valence-corrected chi connectivity index (χ0v) is 9.21. The highest BCUT2D eigenvalue weighted by atomic mass is 19.3. The fraction of sp³-hybridized carbons (Fsp3) is 0.200. The first kappa shape index (κ1) is 14.5. The number of hydrogen-bond donors (Lipinski definition) is 1. The Labute approximate surface area is 104 Å². The van der Waals surface area contributed by atoms with E-state index in [9.17, 15) is 28.5 Å². The molecule has 0 aliphatic heterocycles. The minimum absolute atomic E-state index is 0.0266. The number of nitrogens with zero attached hydrogens (tertiary/aromatic N) is 1. The molecule has 19 heavy (non-hydrogen) atoms. The van der Waals surface area contributed by atoms with Gasteiger partial charge in [-0.3, -0.25) is 19.7 Å². The average molecular weight is 275 g/mol. The van der Waals surface area contributed by atoms with Crippen molar-refractivity contribution in [1.82, 2.24) is 0 Å². The summed E-state index contributed by atoms with van der Waals surface area (Å²) in [4.78, 5) is 31.0. The van der Waals surface area contributed by atoms with Crippen LogP contribution in [0.2, 0.25) is 0 Å². The molecule has 7 nitrogen and oxygen atoms in total. The van der Waals surface area contributed by atoms with E-state index in [2.05, 4.69) is 4.74 Å². The molecule has 0 atom stereocenters. The largest absolute Gasteiger partial charge is 0.481 e. The van der Waals surface area contributed by atoms with Gasteiger partial charge in [0.25, 0.3) is 5.69 Å². The summed E-state index contributed by atoms with van der Waals surface area (Å²) < 4.78 is 28.5. The van der Waals surface area contributed by atoms with Crippen molar-refractivity contribution in [2.45, 2.75) is 13.0 Å². The second-order valence-corrected chi connectivity index (χ2v) is 3.31. The number of nitro benzene ring substituents is 1. The molecule has 102 valence electrons.